The first-order chi connectivity index (χ1) is 12.6. The van der Waals surface area contributed by atoms with Gasteiger partial charge in [-0.2, -0.15) is 0 Å². The van der Waals surface area contributed by atoms with Gasteiger partial charge in [-0.25, -0.2) is 0 Å². The Labute approximate surface area is 157 Å². The number of hydrogen-bond donors (Lipinski definition) is 2. The van der Waals surface area contributed by atoms with E-state index in [9.17, 15) is 9.59 Å². The number of benzene rings is 1. The number of nitrogens with two attached hydrogens (primary N) is 1. The molecule has 0 unspecified atom stereocenters. The molecule has 0 radical (unpaired) electrons. The zero-order valence-electron chi connectivity index (χ0n) is 16.0. The van der Waals surface area contributed by atoms with Crippen LogP contribution in [0.5, 0.6) is 0 Å². The second kappa shape index (κ2) is 11.0. The lowest BCUT2D eigenvalue weighted by Crippen LogP contribution is -2.42. The van der Waals surface area contributed by atoms with Crippen LogP contribution in [0.3, 0.4) is 0 Å². The predicted octanol–water partition coefficient (Wildman–Crippen LogP) is 2.76. The number of rotatable bonds is 9. The summed E-state index contributed by atoms with van der Waals surface area (Å²) in [6.07, 6.45) is 6.30. The molecule has 0 bridgehead atoms. The number of carbonyl (C=O) groups excluding carboxylic acids is 2. The van der Waals surface area contributed by atoms with Crippen molar-refractivity contribution in [1.29, 1.82) is 0 Å². The quantitative estimate of drug-likeness (QED) is 0.666. The topological polar surface area (TPSA) is 75.4 Å². The maximum atomic E-state index is 12.4. The molecule has 0 aromatic heterocycles. The van der Waals surface area contributed by atoms with Gasteiger partial charge in [0.2, 0.25) is 11.8 Å². The van der Waals surface area contributed by atoms with Crippen molar-refractivity contribution in [2.45, 2.75) is 58.4 Å². The van der Waals surface area contributed by atoms with Crippen molar-refractivity contribution in [3.05, 3.63) is 35.4 Å². The van der Waals surface area contributed by atoms with E-state index in [1.165, 1.54) is 5.56 Å². The van der Waals surface area contributed by atoms with Crippen LogP contribution in [0, 0.1) is 12.8 Å². The zero-order chi connectivity index (χ0) is 18.8. The SMILES string of the molecule is Cc1ccc(CNC(=O)C2CCN(C(=O)CCCCCCN)CC2)cc1. The van der Waals surface area contributed by atoms with E-state index in [0.717, 1.165) is 50.6 Å². The van der Waals surface area contributed by atoms with Gasteiger partial charge in [0.1, 0.15) is 0 Å². The first kappa shape index (κ1) is 20.4. The summed E-state index contributed by atoms with van der Waals surface area (Å²) in [5, 5.41) is 3.03. The van der Waals surface area contributed by atoms with E-state index in [0.29, 0.717) is 26.1 Å². The highest BCUT2D eigenvalue weighted by Crippen LogP contribution is 2.19. The lowest BCUT2D eigenvalue weighted by atomic mass is 9.95. The molecule has 3 N–H and O–H groups in total. The fourth-order valence-corrected chi connectivity index (χ4v) is 3.36. The van der Waals surface area contributed by atoms with E-state index < -0.39 is 0 Å². The summed E-state index contributed by atoms with van der Waals surface area (Å²) in [6.45, 7) is 4.75. The summed E-state index contributed by atoms with van der Waals surface area (Å²) in [5.74, 6) is 0.366. The Morgan fingerprint density at radius 2 is 1.73 bits per heavy atom. The second-order valence-electron chi connectivity index (χ2n) is 7.31. The molecule has 144 valence electrons. The van der Waals surface area contributed by atoms with Crippen LogP contribution in [0.25, 0.3) is 0 Å². The number of nitrogens with zero attached hydrogens (tertiary/aromatic N) is 1. The largest absolute Gasteiger partial charge is 0.352 e. The van der Waals surface area contributed by atoms with Crippen LogP contribution in [-0.2, 0) is 16.1 Å². The molecule has 1 aromatic carbocycles. The number of piperidine rings is 1. The summed E-state index contributed by atoms with van der Waals surface area (Å²) < 4.78 is 0. The highest BCUT2D eigenvalue weighted by molar-refractivity contribution is 5.80. The number of carbonyl (C=O) groups is 2. The summed E-state index contributed by atoms with van der Waals surface area (Å²) >= 11 is 0. The molecule has 0 aliphatic carbocycles. The monoisotopic (exact) mass is 359 g/mol. The van der Waals surface area contributed by atoms with Gasteiger partial charge in [-0.3, -0.25) is 9.59 Å². The Bertz CT molecular complexity index is 563. The number of amides is 2. The normalized spacial score (nSPS) is 15.1. The standard InChI is InChI=1S/C21H33N3O2/c1-17-7-9-18(10-8-17)16-23-21(26)19-11-14-24(15-12-19)20(25)6-4-2-3-5-13-22/h7-10,19H,2-6,11-16,22H2,1H3,(H,23,26). The van der Waals surface area contributed by atoms with Gasteiger partial charge in [0.25, 0.3) is 0 Å². The van der Waals surface area contributed by atoms with E-state index >= 15 is 0 Å². The third-order valence-electron chi connectivity index (χ3n) is 5.15. The molecule has 0 spiro atoms. The van der Waals surface area contributed by atoms with E-state index in [4.69, 9.17) is 5.73 Å². The Hall–Kier alpha value is -1.88. The van der Waals surface area contributed by atoms with Gasteiger partial charge in [0.15, 0.2) is 0 Å². The Morgan fingerprint density at radius 1 is 1.08 bits per heavy atom. The number of nitrogens with one attached hydrogen (secondary N) is 1. The number of likely N-dealkylation sites (tertiary alicyclic amines) is 1. The van der Waals surface area contributed by atoms with Crippen molar-refractivity contribution in [3.63, 3.8) is 0 Å². The molecule has 1 aliphatic heterocycles. The molecule has 1 heterocycles. The van der Waals surface area contributed by atoms with Crippen molar-refractivity contribution < 1.29 is 9.59 Å². The van der Waals surface area contributed by atoms with Crippen molar-refractivity contribution in [1.82, 2.24) is 10.2 Å². The smallest absolute Gasteiger partial charge is 0.223 e. The highest BCUT2D eigenvalue weighted by atomic mass is 16.2. The van der Waals surface area contributed by atoms with Gasteiger partial charge < -0.3 is 16.0 Å². The molecule has 1 aromatic rings. The van der Waals surface area contributed by atoms with Gasteiger partial charge in [-0.05, 0) is 44.7 Å². The minimum absolute atomic E-state index is 0.0223. The molecule has 2 amide bonds. The van der Waals surface area contributed by atoms with Crippen LogP contribution < -0.4 is 11.1 Å². The molecule has 5 heteroatoms. The van der Waals surface area contributed by atoms with E-state index in [1.54, 1.807) is 0 Å². The lowest BCUT2D eigenvalue weighted by Gasteiger charge is -2.31. The molecule has 26 heavy (non-hydrogen) atoms. The zero-order valence-corrected chi connectivity index (χ0v) is 16.0. The molecular formula is C21H33N3O2. The van der Waals surface area contributed by atoms with Crippen molar-refractivity contribution in [3.8, 4) is 0 Å². The van der Waals surface area contributed by atoms with Gasteiger partial charge in [0, 0.05) is 32.0 Å². The summed E-state index contributed by atoms with van der Waals surface area (Å²) in [6, 6.07) is 8.21. The summed E-state index contributed by atoms with van der Waals surface area (Å²) in [5.41, 5.74) is 7.81. The Morgan fingerprint density at radius 3 is 2.38 bits per heavy atom. The third kappa shape index (κ3) is 6.79. The Balaban J connectivity index is 1.64. The third-order valence-corrected chi connectivity index (χ3v) is 5.15. The molecule has 5 nitrogen and oxygen atoms in total. The van der Waals surface area contributed by atoms with E-state index in [1.807, 2.05) is 17.0 Å². The maximum absolute atomic E-state index is 12.4. The molecule has 2 rings (SSSR count). The van der Waals surface area contributed by atoms with Crippen LogP contribution >= 0.6 is 0 Å². The van der Waals surface area contributed by atoms with Gasteiger partial charge in [0.05, 0.1) is 0 Å². The molecule has 1 saturated heterocycles. The van der Waals surface area contributed by atoms with Crippen LogP contribution in [0.4, 0.5) is 0 Å². The predicted molar refractivity (Wildman–Crippen MR) is 104 cm³/mol. The fraction of sp³-hybridized carbons (Fsp3) is 0.619. The molecule has 0 atom stereocenters. The molecule has 1 fully saturated rings. The Kier molecular flexibility index (Phi) is 8.62. The minimum atomic E-state index is 0.0223. The van der Waals surface area contributed by atoms with Gasteiger partial charge in [-0.15, -0.1) is 0 Å². The highest BCUT2D eigenvalue weighted by Gasteiger charge is 2.26. The fourth-order valence-electron chi connectivity index (χ4n) is 3.36. The first-order valence-corrected chi connectivity index (χ1v) is 9.91. The first-order valence-electron chi connectivity index (χ1n) is 9.91. The van der Waals surface area contributed by atoms with Crippen LogP contribution in [0.2, 0.25) is 0 Å². The van der Waals surface area contributed by atoms with Crippen molar-refractivity contribution >= 4 is 11.8 Å². The average molecular weight is 360 g/mol. The van der Waals surface area contributed by atoms with E-state index in [2.05, 4.69) is 24.4 Å². The second-order valence-corrected chi connectivity index (χ2v) is 7.31. The summed E-state index contributed by atoms with van der Waals surface area (Å²) in [7, 11) is 0. The lowest BCUT2D eigenvalue weighted by molar-refractivity contribution is -0.135. The van der Waals surface area contributed by atoms with Crippen molar-refractivity contribution in [2.75, 3.05) is 19.6 Å². The van der Waals surface area contributed by atoms with Crippen molar-refractivity contribution in [2.24, 2.45) is 11.7 Å². The number of hydrogen-bond acceptors (Lipinski definition) is 3. The molecule has 0 saturated carbocycles. The average Bonchev–Trinajstić information content (AvgIpc) is 2.67. The van der Waals surface area contributed by atoms with Crippen LogP contribution in [-0.4, -0.2) is 36.3 Å². The molecule has 1 aliphatic rings. The molecular weight excluding hydrogens is 326 g/mol. The maximum Gasteiger partial charge on any atom is 0.223 e. The van der Waals surface area contributed by atoms with Gasteiger partial charge in [-0.1, -0.05) is 42.7 Å². The number of aryl methyl sites for hydroxylation is 1. The van der Waals surface area contributed by atoms with Gasteiger partial charge >= 0.3 is 0 Å². The van der Waals surface area contributed by atoms with Crippen LogP contribution in [0.15, 0.2) is 24.3 Å². The van der Waals surface area contributed by atoms with Crippen LogP contribution in [0.1, 0.15) is 56.1 Å². The van der Waals surface area contributed by atoms with E-state index in [-0.39, 0.29) is 17.7 Å². The minimum Gasteiger partial charge on any atom is -0.352 e. The summed E-state index contributed by atoms with van der Waals surface area (Å²) in [4.78, 5) is 26.5. The number of unbranched alkanes of at least 4 members (excludes halogenated alkanes) is 3.